The molecule has 0 radical (unpaired) electrons. The SMILES string of the molecule is CCS1(C(=O)NC)C=C(C2=CN(C)C(c3ccccc3)N=C2)N=C1C1CCCN(C(=O)NC)C1. The number of allylic oxidation sites excluding steroid dienone is 1. The topological polar surface area (TPSA) is 89.4 Å². The summed E-state index contributed by atoms with van der Waals surface area (Å²) in [4.78, 5) is 39.4. The standard InChI is InChI=1S/C25H34N6O2S/c1-5-34(25(33)27-3)17-21(29-23(34)19-12-9-13-31(16-19)24(32)26-2)20-14-28-22(30(4)15-20)18-10-7-6-8-11-18/h6-8,10-11,14-15,17,19,22H,5,9,12-13,16H2,1-4H3,(H,26,32)(H,27,33). The van der Waals surface area contributed by atoms with E-state index in [1.54, 1.807) is 14.1 Å². The molecule has 0 saturated carbocycles. The number of rotatable bonds is 4. The molecular formula is C25H34N6O2S. The Labute approximate surface area is 203 Å². The van der Waals surface area contributed by atoms with Crippen molar-refractivity contribution in [2.45, 2.75) is 25.9 Å². The van der Waals surface area contributed by atoms with Crippen LogP contribution < -0.4 is 10.6 Å². The maximum atomic E-state index is 13.3. The fraction of sp³-hybridized carbons (Fsp3) is 0.440. The molecule has 3 atom stereocenters. The molecular weight excluding hydrogens is 448 g/mol. The van der Waals surface area contributed by atoms with Gasteiger partial charge in [-0.15, -0.1) is 0 Å². The molecule has 1 aromatic rings. The minimum absolute atomic E-state index is 0.0182. The van der Waals surface area contributed by atoms with E-state index in [9.17, 15) is 9.59 Å². The fourth-order valence-electron chi connectivity index (χ4n) is 4.87. The van der Waals surface area contributed by atoms with E-state index in [2.05, 4.69) is 46.2 Å². The maximum Gasteiger partial charge on any atom is 0.317 e. The molecule has 3 aliphatic rings. The molecule has 1 saturated heterocycles. The first-order valence-corrected chi connectivity index (χ1v) is 13.6. The van der Waals surface area contributed by atoms with Crippen LogP contribution in [0, 0.1) is 5.92 Å². The van der Waals surface area contributed by atoms with Crippen molar-refractivity contribution in [3.8, 4) is 0 Å². The molecule has 3 unspecified atom stereocenters. The van der Waals surface area contributed by atoms with Crippen molar-refractivity contribution in [3.05, 3.63) is 58.8 Å². The van der Waals surface area contributed by atoms with Gasteiger partial charge in [-0.2, -0.15) is 0 Å². The molecule has 0 spiro atoms. The van der Waals surface area contributed by atoms with Crippen LogP contribution in [0.2, 0.25) is 0 Å². The van der Waals surface area contributed by atoms with E-state index in [0.29, 0.717) is 12.3 Å². The maximum absolute atomic E-state index is 13.3. The van der Waals surface area contributed by atoms with Crippen molar-refractivity contribution in [3.63, 3.8) is 0 Å². The molecule has 3 heterocycles. The summed E-state index contributed by atoms with van der Waals surface area (Å²) in [7, 11) is 3.40. The van der Waals surface area contributed by atoms with Crippen molar-refractivity contribution < 1.29 is 9.59 Å². The molecule has 0 aliphatic carbocycles. The second-order valence-electron chi connectivity index (χ2n) is 8.73. The number of likely N-dealkylation sites (tertiary alicyclic amines) is 1. The van der Waals surface area contributed by atoms with Gasteiger partial charge in [0.25, 0.3) is 5.24 Å². The minimum Gasteiger partial charge on any atom is -0.355 e. The summed E-state index contributed by atoms with van der Waals surface area (Å²) >= 11 is 0. The number of amides is 3. The smallest absolute Gasteiger partial charge is 0.317 e. The van der Waals surface area contributed by atoms with Crippen LogP contribution in [-0.2, 0) is 0 Å². The average molecular weight is 483 g/mol. The highest BCUT2D eigenvalue weighted by atomic mass is 32.3. The minimum atomic E-state index is -1.95. The van der Waals surface area contributed by atoms with Gasteiger partial charge in [-0.1, -0.05) is 47.3 Å². The predicted molar refractivity (Wildman–Crippen MR) is 140 cm³/mol. The Morgan fingerprint density at radius 3 is 2.59 bits per heavy atom. The largest absolute Gasteiger partial charge is 0.355 e. The number of piperidine rings is 1. The van der Waals surface area contributed by atoms with E-state index in [0.717, 1.165) is 41.3 Å². The van der Waals surface area contributed by atoms with Crippen LogP contribution in [0.15, 0.2) is 63.2 Å². The van der Waals surface area contributed by atoms with Gasteiger partial charge in [-0.25, -0.2) is 9.79 Å². The molecule has 0 bridgehead atoms. The lowest BCUT2D eigenvalue weighted by molar-refractivity contribution is 0.181. The van der Waals surface area contributed by atoms with Crippen LogP contribution in [-0.4, -0.2) is 72.3 Å². The zero-order valence-corrected chi connectivity index (χ0v) is 21.1. The quantitative estimate of drug-likeness (QED) is 0.678. The van der Waals surface area contributed by atoms with Gasteiger partial charge in [-0.05, 0) is 29.6 Å². The third-order valence-electron chi connectivity index (χ3n) is 6.66. The first kappa shape index (κ1) is 24.1. The van der Waals surface area contributed by atoms with Crippen molar-refractivity contribution in [1.82, 2.24) is 20.4 Å². The van der Waals surface area contributed by atoms with E-state index >= 15 is 0 Å². The van der Waals surface area contributed by atoms with E-state index < -0.39 is 10.0 Å². The summed E-state index contributed by atoms with van der Waals surface area (Å²) in [5.74, 6) is 0.737. The van der Waals surface area contributed by atoms with E-state index in [1.165, 1.54) is 0 Å². The van der Waals surface area contributed by atoms with Crippen LogP contribution in [0.25, 0.3) is 0 Å². The Morgan fingerprint density at radius 1 is 1.18 bits per heavy atom. The van der Waals surface area contributed by atoms with Crippen molar-refractivity contribution in [2.75, 3.05) is 40.0 Å². The Balaban J connectivity index is 1.66. The molecule has 1 fully saturated rings. The van der Waals surface area contributed by atoms with Crippen LogP contribution in [0.1, 0.15) is 31.5 Å². The molecule has 0 aromatic heterocycles. The van der Waals surface area contributed by atoms with Crippen LogP contribution in [0.4, 0.5) is 9.59 Å². The molecule has 4 rings (SSSR count). The molecule has 182 valence electrons. The molecule has 8 nitrogen and oxygen atoms in total. The van der Waals surface area contributed by atoms with Gasteiger partial charge >= 0.3 is 6.03 Å². The lowest BCUT2D eigenvalue weighted by Crippen LogP contribution is -2.47. The Morgan fingerprint density at radius 2 is 1.94 bits per heavy atom. The third kappa shape index (κ3) is 4.36. The lowest BCUT2D eigenvalue weighted by atomic mass is 9.99. The number of aliphatic imine (C=N–C) groups is 2. The van der Waals surface area contributed by atoms with Gasteiger partial charge in [0.2, 0.25) is 0 Å². The highest BCUT2D eigenvalue weighted by Gasteiger charge is 2.43. The summed E-state index contributed by atoms with van der Waals surface area (Å²) in [5.41, 5.74) is 2.82. The van der Waals surface area contributed by atoms with E-state index in [1.807, 2.05) is 36.4 Å². The average Bonchev–Trinajstić information content (AvgIpc) is 3.29. The second-order valence-corrected chi connectivity index (χ2v) is 11.9. The fourth-order valence-corrected chi connectivity index (χ4v) is 8.00. The molecule has 9 heteroatoms. The van der Waals surface area contributed by atoms with Gasteiger partial charge in [-0.3, -0.25) is 9.79 Å². The first-order valence-electron chi connectivity index (χ1n) is 11.8. The zero-order valence-electron chi connectivity index (χ0n) is 20.3. The number of benzene rings is 1. The summed E-state index contributed by atoms with van der Waals surface area (Å²) < 4.78 is 0. The first-order chi connectivity index (χ1) is 16.4. The van der Waals surface area contributed by atoms with Crippen molar-refractivity contribution in [1.29, 1.82) is 0 Å². The summed E-state index contributed by atoms with van der Waals surface area (Å²) in [5, 5.41) is 8.64. The van der Waals surface area contributed by atoms with Crippen molar-refractivity contribution >= 4 is 32.6 Å². The number of hydrogen-bond donors (Lipinski definition) is 2. The normalized spacial score (nSPS) is 28.4. The summed E-state index contributed by atoms with van der Waals surface area (Å²) in [6, 6.07) is 10.1. The van der Waals surface area contributed by atoms with Crippen LogP contribution in [0.3, 0.4) is 0 Å². The zero-order chi connectivity index (χ0) is 24.3. The van der Waals surface area contributed by atoms with Crippen molar-refractivity contribution in [2.24, 2.45) is 15.9 Å². The van der Waals surface area contributed by atoms with Crippen LogP contribution in [0.5, 0.6) is 0 Å². The summed E-state index contributed by atoms with van der Waals surface area (Å²) in [6.07, 6.45) is 5.66. The monoisotopic (exact) mass is 482 g/mol. The predicted octanol–water partition coefficient (Wildman–Crippen LogP) is 4.05. The molecule has 3 amide bonds. The van der Waals surface area contributed by atoms with E-state index in [-0.39, 0.29) is 23.4 Å². The Hall–Kier alpha value is -3.07. The van der Waals surface area contributed by atoms with Gasteiger partial charge in [0.05, 0.1) is 10.7 Å². The number of carbonyl (C=O) groups excluding carboxylic acids is 2. The number of carbonyl (C=O) groups is 2. The van der Waals surface area contributed by atoms with Gasteiger partial charge < -0.3 is 20.4 Å². The highest BCUT2D eigenvalue weighted by molar-refractivity contribution is 8.57. The lowest BCUT2D eigenvalue weighted by Gasteiger charge is -2.39. The molecule has 1 aromatic carbocycles. The second kappa shape index (κ2) is 10.0. The number of nitrogens with zero attached hydrogens (tertiary/aromatic N) is 4. The molecule has 2 N–H and O–H groups in total. The number of hydrogen-bond acceptors (Lipinski definition) is 5. The summed E-state index contributed by atoms with van der Waals surface area (Å²) in [6.45, 7) is 3.36. The number of nitrogens with one attached hydrogen (secondary N) is 2. The molecule has 34 heavy (non-hydrogen) atoms. The number of urea groups is 1. The van der Waals surface area contributed by atoms with E-state index in [4.69, 9.17) is 9.98 Å². The third-order valence-corrected chi connectivity index (χ3v) is 10.2. The Kier molecular flexibility index (Phi) is 7.11. The molecule has 3 aliphatic heterocycles. The van der Waals surface area contributed by atoms with Crippen LogP contribution >= 0.6 is 10.0 Å². The highest BCUT2D eigenvalue weighted by Crippen LogP contribution is 2.59. The Bertz CT molecular complexity index is 1070. The van der Waals surface area contributed by atoms with Gasteiger partial charge in [0, 0.05) is 58.1 Å². The van der Waals surface area contributed by atoms with Gasteiger partial charge in [0.1, 0.15) is 6.17 Å². The van der Waals surface area contributed by atoms with Gasteiger partial charge in [0.15, 0.2) is 0 Å².